The summed E-state index contributed by atoms with van der Waals surface area (Å²) >= 11 is 3.56. The summed E-state index contributed by atoms with van der Waals surface area (Å²) in [5.74, 6) is 0. The Bertz CT molecular complexity index is 2080. The van der Waals surface area contributed by atoms with Crippen molar-refractivity contribution < 1.29 is 0 Å². The largest absolute Gasteiger partial charge is 0.223 e. The average molecular weight is 807 g/mol. The van der Waals surface area contributed by atoms with Gasteiger partial charge >= 0.3 is 0 Å². The van der Waals surface area contributed by atoms with Crippen LogP contribution in [0.5, 0.6) is 0 Å². The molecule has 0 radical (unpaired) electrons. The molecular weight excluding hydrogens is 741 g/mol. The van der Waals surface area contributed by atoms with Crippen molar-refractivity contribution in [2.45, 2.75) is 167 Å². The van der Waals surface area contributed by atoms with Crippen molar-refractivity contribution in [2.24, 2.45) is 0 Å². The number of unbranched alkanes of at least 4 members (excludes halogenated alkanes) is 12. The van der Waals surface area contributed by atoms with Crippen LogP contribution in [0.2, 0.25) is 0 Å². The lowest BCUT2D eigenvalue weighted by atomic mass is 9.70. The summed E-state index contributed by atoms with van der Waals surface area (Å²) in [6.45, 7) is 9.30. The summed E-state index contributed by atoms with van der Waals surface area (Å²) in [4.78, 5) is 12.8. The van der Waals surface area contributed by atoms with E-state index < -0.39 is 0 Å². The molecule has 4 aromatic carbocycles. The van der Waals surface area contributed by atoms with Crippen molar-refractivity contribution in [2.75, 3.05) is 0 Å². The lowest BCUT2D eigenvalue weighted by Crippen LogP contribution is -2.25. The van der Waals surface area contributed by atoms with Gasteiger partial charge in [0, 0.05) is 22.0 Å². The fourth-order valence-electron chi connectivity index (χ4n) is 10.8. The standard InChI is InChI=1S/C54H66N2S2/c1-5-9-13-21-33-53(34-22-14-10-6-2)45-27-19-17-25-41(45)43-31-29-39(37-47(43)53)49-55-51-52(57-49)56-50(58-51)40-30-32-44-42-26-18-20-28-46(42)54(48(44)38-40,35-23-15-11-7-3)36-24-16-12-8-4/h17-20,25-32,37-38H,5-16,21-24,33-36H2,1-4H3. The van der Waals surface area contributed by atoms with Gasteiger partial charge in [-0.2, -0.15) is 0 Å². The number of hydrogen-bond donors (Lipinski definition) is 0. The first-order valence-corrected chi connectivity index (χ1v) is 25.0. The molecule has 0 aliphatic heterocycles. The van der Waals surface area contributed by atoms with Crippen LogP contribution in [0.3, 0.4) is 0 Å². The van der Waals surface area contributed by atoms with Gasteiger partial charge in [-0.3, -0.25) is 0 Å². The Hall–Kier alpha value is -3.60. The maximum absolute atomic E-state index is 5.35. The Labute approximate surface area is 358 Å². The van der Waals surface area contributed by atoms with Gasteiger partial charge in [0.15, 0.2) is 9.66 Å². The van der Waals surface area contributed by atoms with E-state index in [0.717, 1.165) is 19.7 Å². The summed E-state index contributed by atoms with van der Waals surface area (Å²) in [7, 11) is 0. The van der Waals surface area contributed by atoms with Crippen LogP contribution < -0.4 is 0 Å². The van der Waals surface area contributed by atoms with Crippen LogP contribution in [0.4, 0.5) is 0 Å². The van der Waals surface area contributed by atoms with Gasteiger partial charge in [-0.05, 0) is 82.3 Å². The molecule has 4 heteroatoms. The quantitative estimate of drug-likeness (QED) is 0.0639. The maximum atomic E-state index is 5.35. The normalized spacial score (nSPS) is 14.5. The third-order valence-corrected chi connectivity index (χ3v) is 16.0. The first kappa shape index (κ1) is 41.1. The highest BCUT2D eigenvalue weighted by atomic mass is 32.1. The maximum Gasteiger partial charge on any atom is 0.155 e. The van der Waals surface area contributed by atoms with E-state index in [0.29, 0.717) is 0 Å². The van der Waals surface area contributed by atoms with Gasteiger partial charge in [-0.1, -0.05) is 226 Å². The summed E-state index contributed by atoms with van der Waals surface area (Å²) in [6.07, 6.45) is 25.7. The van der Waals surface area contributed by atoms with E-state index in [2.05, 4.69) is 113 Å². The predicted octanol–water partition coefficient (Wildman–Crippen LogP) is 17.5. The second-order valence-electron chi connectivity index (χ2n) is 17.7. The van der Waals surface area contributed by atoms with Crippen molar-refractivity contribution in [3.05, 3.63) is 107 Å². The molecule has 0 unspecified atom stereocenters. The monoisotopic (exact) mass is 806 g/mol. The van der Waals surface area contributed by atoms with E-state index >= 15 is 0 Å². The fraction of sp³-hybridized carbons (Fsp3) is 0.481. The third kappa shape index (κ3) is 7.90. The Morgan fingerprint density at radius 2 is 0.724 bits per heavy atom. The molecule has 304 valence electrons. The van der Waals surface area contributed by atoms with Gasteiger partial charge in [0.2, 0.25) is 0 Å². The molecule has 2 heterocycles. The van der Waals surface area contributed by atoms with Gasteiger partial charge in [0.05, 0.1) is 0 Å². The summed E-state index contributed by atoms with van der Waals surface area (Å²) in [6, 6.07) is 33.2. The highest BCUT2D eigenvalue weighted by Crippen LogP contribution is 2.57. The number of fused-ring (bicyclic) bond motifs is 7. The predicted molar refractivity (Wildman–Crippen MR) is 254 cm³/mol. The zero-order valence-electron chi connectivity index (χ0n) is 35.9. The molecule has 0 spiro atoms. The first-order valence-electron chi connectivity index (χ1n) is 23.3. The van der Waals surface area contributed by atoms with Crippen LogP contribution in [0.15, 0.2) is 84.9 Å². The van der Waals surface area contributed by atoms with E-state index in [-0.39, 0.29) is 10.8 Å². The van der Waals surface area contributed by atoms with Crippen molar-refractivity contribution in [3.63, 3.8) is 0 Å². The Morgan fingerprint density at radius 1 is 0.379 bits per heavy atom. The molecule has 0 saturated carbocycles. The van der Waals surface area contributed by atoms with Crippen molar-refractivity contribution in [1.82, 2.24) is 9.97 Å². The van der Waals surface area contributed by atoms with Crippen LogP contribution >= 0.6 is 22.7 Å². The van der Waals surface area contributed by atoms with Crippen LogP contribution in [-0.2, 0) is 10.8 Å². The molecule has 0 saturated heterocycles. The van der Waals surface area contributed by atoms with E-state index in [9.17, 15) is 0 Å². The Kier molecular flexibility index (Phi) is 13.3. The number of benzene rings is 4. The van der Waals surface area contributed by atoms with E-state index in [1.54, 1.807) is 44.9 Å². The molecule has 0 amide bonds. The zero-order chi connectivity index (χ0) is 40.0. The molecule has 2 aromatic heterocycles. The third-order valence-electron chi connectivity index (χ3n) is 13.8. The Morgan fingerprint density at radius 3 is 1.09 bits per heavy atom. The number of thiazole rings is 2. The molecule has 6 aromatic rings. The van der Waals surface area contributed by atoms with E-state index in [1.807, 2.05) is 0 Å². The van der Waals surface area contributed by atoms with Crippen molar-refractivity contribution in [3.8, 4) is 43.4 Å². The lowest BCUT2D eigenvalue weighted by molar-refractivity contribution is 0.401. The summed E-state index contributed by atoms with van der Waals surface area (Å²) in [5, 5.41) is 2.21. The molecule has 2 nitrogen and oxygen atoms in total. The fourth-order valence-corrected chi connectivity index (χ4v) is 12.8. The van der Waals surface area contributed by atoms with Crippen molar-refractivity contribution >= 4 is 32.3 Å². The average Bonchev–Trinajstić information content (AvgIpc) is 3.99. The molecule has 2 aliphatic rings. The van der Waals surface area contributed by atoms with Crippen LogP contribution in [0, 0.1) is 0 Å². The highest BCUT2D eigenvalue weighted by molar-refractivity contribution is 7.29. The number of nitrogens with zero attached hydrogens (tertiary/aromatic N) is 2. The molecule has 0 atom stereocenters. The second kappa shape index (κ2) is 18.8. The molecule has 2 aliphatic carbocycles. The zero-order valence-corrected chi connectivity index (χ0v) is 37.6. The topological polar surface area (TPSA) is 25.8 Å². The molecule has 8 rings (SSSR count). The Balaban J connectivity index is 1.12. The molecule has 0 bridgehead atoms. The first-order chi connectivity index (χ1) is 28.6. The van der Waals surface area contributed by atoms with E-state index in [4.69, 9.17) is 9.97 Å². The second-order valence-corrected chi connectivity index (χ2v) is 19.6. The smallest absolute Gasteiger partial charge is 0.155 e. The van der Waals surface area contributed by atoms with Gasteiger partial charge in [0.1, 0.15) is 10.0 Å². The number of rotatable bonds is 22. The molecule has 58 heavy (non-hydrogen) atoms. The minimum Gasteiger partial charge on any atom is -0.223 e. The van der Waals surface area contributed by atoms with Crippen molar-refractivity contribution in [1.29, 1.82) is 0 Å². The van der Waals surface area contributed by atoms with Crippen LogP contribution in [0.1, 0.15) is 178 Å². The molecule has 0 N–H and O–H groups in total. The number of aromatic nitrogens is 2. The van der Waals surface area contributed by atoms with Gasteiger partial charge in [-0.15, -0.1) is 0 Å². The highest BCUT2D eigenvalue weighted by Gasteiger charge is 2.43. The summed E-state index contributed by atoms with van der Waals surface area (Å²) < 4.78 is 0. The van der Waals surface area contributed by atoms with Gasteiger partial charge in [0.25, 0.3) is 0 Å². The number of hydrogen-bond acceptors (Lipinski definition) is 4. The lowest BCUT2D eigenvalue weighted by Gasteiger charge is -2.33. The van der Waals surface area contributed by atoms with Gasteiger partial charge < -0.3 is 0 Å². The SMILES string of the molecule is CCCCCCC1(CCCCCC)c2ccccc2-c2ccc(-c3nc4sc(-c5ccc6c(c5)C(CCCCCC)(CCCCCC)c5ccccc5-6)nc4s3)cc21. The van der Waals surface area contributed by atoms with E-state index in [1.165, 1.54) is 162 Å². The van der Waals surface area contributed by atoms with Crippen LogP contribution in [0.25, 0.3) is 53.1 Å². The molecular formula is C54H66N2S2. The molecule has 0 fully saturated rings. The van der Waals surface area contributed by atoms with Crippen LogP contribution in [-0.4, -0.2) is 9.97 Å². The minimum atomic E-state index is 0.0813. The summed E-state index contributed by atoms with van der Waals surface area (Å²) in [5.41, 5.74) is 14.6. The minimum absolute atomic E-state index is 0.0813. The van der Waals surface area contributed by atoms with Gasteiger partial charge in [-0.25, -0.2) is 9.97 Å².